The van der Waals surface area contributed by atoms with Gasteiger partial charge in [0.05, 0.1) is 40.3 Å². The van der Waals surface area contributed by atoms with Crippen LogP contribution < -0.4 is 5.11 Å². The minimum Gasteiger partial charge on any atom is -0.545 e. The second kappa shape index (κ2) is 85.3. The van der Waals surface area contributed by atoms with E-state index in [9.17, 15) is 19.5 Å². The highest BCUT2D eigenvalue weighted by atomic mass is 16.7. The summed E-state index contributed by atoms with van der Waals surface area (Å²) >= 11 is 0. The molecule has 9 nitrogen and oxygen atoms in total. The van der Waals surface area contributed by atoms with Gasteiger partial charge in [-0.1, -0.05) is 411 Å². The summed E-state index contributed by atoms with van der Waals surface area (Å²) in [4.78, 5) is 37.7. The Morgan fingerprint density at radius 1 is 0.295 bits per heavy atom. The van der Waals surface area contributed by atoms with Crippen LogP contribution in [0.15, 0.2) is 122 Å². The maximum Gasteiger partial charge on any atom is 0.306 e. The Hall–Kier alpha value is -4.31. The molecule has 0 heterocycles. The molecule has 0 fully saturated rings. The zero-order valence-electron chi connectivity index (χ0n) is 69.6. The largest absolute Gasteiger partial charge is 0.545 e. The molecule has 0 aromatic carbocycles. The van der Waals surface area contributed by atoms with Crippen molar-refractivity contribution in [1.29, 1.82) is 0 Å². The minimum atomic E-state index is -1.63. The lowest BCUT2D eigenvalue weighted by molar-refractivity contribution is -0.870. The fourth-order valence-corrected chi connectivity index (χ4v) is 12.9. The number of rotatable bonds is 83. The van der Waals surface area contributed by atoms with Gasteiger partial charge in [-0.3, -0.25) is 9.59 Å². The van der Waals surface area contributed by atoms with Crippen molar-refractivity contribution >= 4 is 17.9 Å². The summed E-state index contributed by atoms with van der Waals surface area (Å²) in [5, 5.41) is 11.9. The van der Waals surface area contributed by atoms with Crippen molar-refractivity contribution in [3.63, 3.8) is 0 Å². The van der Waals surface area contributed by atoms with E-state index in [2.05, 4.69) is 135 Å². The van der Waals surface area contributed by atoms with Crippen molar-refractivity contribution in [1.82, 2.24) is 0 Å². The third kappa shape index (κ3) is 86.8. The number of carbonyl (C=O) groups is 3. The van der Waals surface area contributed by atoms with Gasteiger partial charge < -0.3 is 33.3 Å². The molecule has 0 spiro atoms. The summed E-state index contributed by atoms with van der Waals surface area (Å²) in [5.41, 5.74) is 0. The maximum atomic E-state index is 13.0. The van der Waals surface area contributed by atoms with E-state index in [-0.39, 0.29) is 32.2 Å². The van der Waals surface area contributed by atoms with Crippen molar-refractivity contribution in [2.75, 3.05) is 47.5 Å². The molecule has 0 saturated heterocycles. The van der Waals surface area contributed by atoms with E-state index in [0.717, 1.165) is 103 Å². The number of ether oxygens (including phenoxy) is 4. The average Bonchev–Trinajstić information content (AvgIpc) is 1.97. The molecule has 0 aliphatic rings. The van der Waals surface area contributed by atoms with E-state index >= 15 is 0 Å². The Morgan fingerprint density at radius 3 is 0.819 bits per heavy atom. The number of quaternary nitrogens is 1. The first-order chi connectivity index (χ1) is 51.6. The lowest BCUT2D eigenvalue weighted by Crippen LogP contribution is -2.44. The number of carbonyl (C=O) groups excluding carboxylic acids is 3. The first-order valence-corrected chi connectivity index (χ1v) is 44.7. The molecule has 0 aliphatic carbocycles. The highest BCUT2D eigenvalue weighted by molar-refractivity contribution is 5.70. The molecule has 105 heavy (non-hydrogen) atoms. The lowest BCUT2D eigenvalue weighted by Gasteiger charge is -2.26. The number of nitrogens with zero attached hydrogens (tertiary/aromatic N) is 1. The molecular weight excluding hydrogens is 1300 g/mol. The molecule has 0 aliphatic heterocycles. The van der Waals surface area contributed by atoms with Crippen molar-refractivity contribution < 1.29 is 42.9 Å². The van der Waals surface area contributed by atoms with Crippen molar-refractivity contribution in [2.45, 2.75) is 424 Å². The summed E-state index contributed by atoms with van der Waals surface area (Å²) in [5.74, 6) is -2.27. The molecule has 0 radical (unpaired) electrons. The predicted molar refractivity (Wildman–Crippen MR) is 453 cm³/mol. The summed E-state index contributed by atoms with van der Waals surface area (Å²) < 4.78 is 22.9. The molecule has 9 heteroatoms. The predicted octanol–water partition coefficient (Wildman–Crippen LogP) is 28.0. The molecule has 2 unspecified atom stereocenters. The topological polar surface area (TPSA) is 111 Å². The van der Waals surface area contributed by atoms with Gasteiger partial charge in [-0.25, -0.2) is 0 Å². The molecule has 0 rings (SSSR count). The molecule has 2 atom stereocenters. The summed E-state index contributed by atoms with van der Waals surface area (Å²) in [6.45, 7) is 4.68. The van der Waals surface area contributed by atoms with Gasteiger partial charge in [0.1, 0.15) is 13.2 Å². The van der Waals surface area contributed by atoms with Crippen molar-refractivity contribution in [2.24, 2.45) is 0 Å². The smallest absolute Gasteiger partial charge is 0.306 e. The van der Waals surface area contributed by atoms with E-state index in [0.29, 0.717) is 23.9 Å². The number of hydrogen-bond acceptors (Lipinski definition) is 8. The second-order valence-electron chi connectivity index (χ2n) is 31.2. The second-order valence-corrected chi connectivity index (χ2v) is 31.2. The van der Waals surface area contributed by atoms with E-state index in [1.807, 2.05) is 21.1 Å². The number of carboxylic acids is 1. The Labute approximate surface area is 650 Å². The Balaban J connectivity index is 3.97. The van der Waals surface area contributed by atoms with Gasteiger partial charge in [0.15, 0.2) is 12.4 Å². The van der Waals surface area contributed by atoms with Gasteiger partial charge in [0.2, 0.25) is 0 Å². The number of unbranched alkanes of at least 4 members (excludes halogenated alkanes) is 48. The van der Waals surface area contributed by atoms with Gasteiger partial charge in [-0.15, -0.1) is 0 Å². The van der Waals surface area contributed by atoms with Crippen LogP contribution in [0, 0.1) is 0 Å². The summed E-state index contributed by atoms with van der Waals surface area (Å²) in [6, 6.07) is 0. The molecule has 606 valence electrons. The van der Waals surface area contributed by atoms with E-state index < -0.39 is 24.3 Å². The third-order valence-corrected chi connectivity index (χ3v) is 19.7. The minimum absolute atomic E-state index is 0.144. The molecule has 0 bridgehead atoms. The fourth-order valence-electron chi connectivity index (χ4n) is 12.9. The van der Waals surface area contributed by atoms with E-state index in [1.54, 1.807) is 0 Å². The van der Waals surface area contributed by atoms with Crippen LogP contribution in [0.5, 0.6) is 0 Å². The molecular formula is C96H169NO8. The fraction of sp³-hybridized carbons (Fsp3) is 0.760. The average molecular weight is 1470 g/mol. The van der Waals surface area contributed by atoms with Crippen LogP contribution in [0.4, 0.5) is 0 Å². The molecule has 0 amide bonds. The SMILES string of the molecule is CC/C=C\C/C=C\C/C=C\C/C=C\C/C=C\C/C=C\C/C=C\C/C=C\C/C=C\CCCCCCCCCCCCCC(=O)OC(COC(=O)CCCCCCCCCCCCCCCCCCCCCCCCCCCCCCC/C=C\CCCCCCCCCC)COC(OCC[N+](C)(C)C)C(=O)[O-]. The Bertz CT molecular complexity index is 2160. The number of allylic oxidation sites excluding steroid dienone is 20. The zero-order chi connectivity index (χ0) is 76.0. The number of carboxylic acid groups (broad SMARTS) is 1. The van der Waals surface area contributed by atoms with Crippen LogP contribution in [0.25, 0.3) is 0 Å². The molecule has 0 aromatic heterocycles. The Kier molecular flexibility index (Phi) is 81.8. The lowest BCUT2D eigenvalue weighted by atomic mass is 10.0. The number of esters is 2. The van der Waals surface area contributed by atoms with E-state index in [1.165, 1.54) is 276 Å². The van der Waals surface area contributed by atoms with Gasteiger partial charge in [-0.05, 0) is 109 Å². The van der Waals surface area contributed by atoms with Crippen LogP contribution in [-0.4, -0.2) is 82.3 Å². The van der Waals surface area contributed by atoms with E-state index in [4.69, 9.17) is 18.9 Å². The van der Waals surface area contributed by atoms with Gasteiger partial charge in [0.25, 0.3) is 0 Å². The zero-order valence-corrected chi connectivity index (χ0v) is 69.6. The number of aliphatic carboxylic acids is 1. The first kappa shape index (κ1) is 101. The summed E-state index contributed by atoms with van der Waals surface area (Å²) in [6.07, 6.45) is 119. The van der Waals surface area contributed by atoms with Crippen LogP contribution in [0.2, 0.25) is 0 Å². The van der Waals surface area contributed by atoms with Gasteiger partial charge in [-0.2, -0.15) is 0 Å². The quantitative estimate of drug-likeness (QED) is 0.0195. The van der Waals surface area contributed by atoms with Crippen LogP contribution in [0.1, 0.15) is 412 Å². The third-order valence-electron chi connectivity index (χ3n) is 19.7. The monoisotopic (exact) mass is 1460 g/mol. The highest BCUT2D eigenvalue weighted by Gasteiger charge is 2.22. The van der Waals surface area contributed by atoms with Crippen LogP contribution in [-0.2, 0) is 33.3 Å². The Morgan fingerprint density at radius 2 is 0.543 bits per heavy atom. The maximum absolute atomic E-state index is 13.0. The molecule has 0 N–H and O–H groups in total. The number of likely N-dealkylation sites (N-methyl/N-ethyl adjacent to an activating group) is 1. The number of hydrogen-bond donors (Lipinski definition) is 0. The normalized spacial score (nSPS) is 13.2. The molecule has 0 saturated carbocycles. The van der Waals surface area contributed by atoms with Crippen LogP contribution in [0.3, 0.4) is 0 Å². The van der Waals surface area contributed by atoms with Crippen molar-refractivity contribution in [3.8, 4) is 0 Å². The first-order valence-electron chi connectivity index (χ1n) is 44.7. The molecule has 0 aromatic rings. The highest BCUT2D eigenvalue weighted by Crippen LogP contribution is 2.20. The standard InChI is InChI=1S/C96H169NO8/c1-6-8-10-12-14-16-18-20-22-24-26-28-30-32-34-36-38-40-42-44-46-47-49-50-52-54-56-58-60-62-64-66-68-70-72-74-76-78-80-82-84-86-93(98)103-90-92(91-104-96(95(100)101)102-89-88-97(3,4)5)105-94(99)87-85-83-81-79-77-75-73-71-69-67-65-63-61-59-57-55-53-51-48-45-43-41-39-37-35-33-31-29-27-25-23-21-19-17-15-13-11-9-7-2/h9,11,15,17,21,23-24,26-27,29,33,35,39,41,45,48,53,55,59,61,92,96H,6-8,10,12-14,16,18-20,22,25,28,30-32,34,36-38,40,42-44,46-47,49-52,54,56-58,60,62-91H2,1-5H3/b11-9-,17-15-,23-21-,26-24-,29-27-,35-33-,41-39-,48-45-,55-53-,61-59-. The van der Waals surface area contributed by atoms with Gasteiger partial charge in [0, 0.05) is 12.8 Å². The van der Waals surface area contributed by atoms with Crippen molar-refractivity contribution in [3.05, 3.63) is 122 Å². The summed E-state index contributed by atoms with van der Waals surface area (Å²) in [7, 11) is 5.94. The van der Waals surface area contributed by atoms with Crippen LogP contribution >= 0.6 is 0 Å². The van der Waals surface area contributed by atoms with Gasteiger partial charge >= 0.3 is 11.9 Å².